The Morgan fingerprint density at radius 3 is 1.57 bits per heavy atom. The number of nitro groups is 2. The summed E-state index contributed by atoms with van der Waals surface area (Å²) in [6.45, 7) is 20.5. The van der Waals surface area contributed by atoms with Gasteiger partial charge in [0.05, 0.1) is 34.4 Å². The molecule has 26 nitrogen and oxygen atoms in total. The molecule has 6 heterocycles. The summed E-state index contributed by atoms with van der Waals surface area (Å²) < 4.78 is 39.0. The van der Waals surface area contributed by atoms with Crippen molar-refractivity contribution >= 4 is 75.5 Å². The van der Waals surface area contributed by atoms with Gasteiger partial charge in [-0.1, -0.05) is 0 Å². The minimum Gasteiger partial charge on any atom is -0.444 e. The molecule has 4 fully saturated rings. The van der Waals surface area contributed by atoms with Crippen molar-refractivity contribution in [1.82, 2.24) is 39.5 Å². The second-order valence-electron chi connectivity index (χ2n) is 21.0. The molecule has 7 N–H and O–H groups in total. The first kappa shape index (κ1) is 61.0. The predicted octanol–water partition coefficient (Wildman–Crippen LogP) is 5.78. The van der Waals surface area contributed by atoms with Crippen molar-refractivity contribution in [2.45, 2.75) is 77.7 Å². The number of nitrogen functional groups attached to an aromatic ring is 1. The van der Waals surface area contributed by atoms with Crippen LogP contribution >= 0.6 is 11.6 Å². The van der Waals surface area contributed by atoms with Crippen LogP contribution in [0.25, 0.3) is 0 Å². The SMILES string of the molecule is CC(C)(C)OC(=O)N1CCC(Nc2nc(Cl)ncc2[N+](=O)[O-])C1.CC(C)(C)OC(=O)N1CCC(Nc2nc(Nc3ccc(N4CCN(CCO)CC4)cc3F)ncc2[N+](=O)[O-])C1.Nc1ccc(N2CCN(CCO)CC2)cc1F. The summed E-state index contributed by atoms with van der Waals surface area (Å²) in [5.41, 5.74) is 5.61. The van der Waals surface area contributed by atoms with Gasteiger partial charge in [0.2, 0.25) is 22.9 Å². The molecule has 432 valence electrons. The van der Waals surface area contributed by atoms with E-state index in [9.17, 15) is 38.6 Å². The maximum atomic E-state index is 15.0. The number of nitrogens with two attached hydrogens (primary N) is 1. The van der Waals surface area contributed by atoms with Crippen LogP contribution in [0.4, 0.5) is 70.1 Å². The zero-order valence-corrected chi connectivity index (χ0v) is 46.0. The van der Waals surface area contributed by atoms with Crippen LogP contribution in [0.2, 0.25) is 5.28 Å². The molecular formula is C50H71ClF2N16O10. The van der Waals surface area contributed by atoms with Crippen molar-refractivity contribution in [3.8, 4) is 0 Å². The molecule has 4 aliphatic rings. The van der Waals surface area contributed by atoms with Crippen LogP contribution in [0.1, 0.15) is 54.4 Å². The molecule has 2 amide bonds. The molecular weight excluding hydrogens is 1060 g/mol. The number of halogens is 3. The zero-order valence-electron chi connectivity index (χ0n) is 45.2. The summed E-state index contributed by atoms with van der Waals surface area (Å²) in [6, 6.07) is 9.28. The molecule has 0 aliphatic carbocycles. The third-order valence-electron chi connectivity index (χ3n) is 12.8. The normalized spacial score (nSPS) is 18.0. The topological polar surface area (TPSA) is 312 Å². The predicted molar refractivity (Wildman–Crippen MR) is 294 cm³/mol. The Kier molecular flexibility index (Phi) is 21.3. The monoisotopic (exact) mass is 1130 g/mol. The van der Waals surface area contributed by atoms with Gasteiger partial charge in [0, 0.05) is 115 Å². The van der Waals surface area contributed by atoms with Gasteiger partial charge in [-0.05, 0) is 102 Å². The van der Waals surface area contributed by atoms with Crippen molar-refractivity contribution in [3.63, 3.8) is 0 Å². The van der Waals surface area contributed by atoms with E-state index in [1.165, 1.54) is 12.1 Å². The number of nitrogens with one attached hydrogen (secondary N) is 3. The van der Waals surface area contributed by atoms with Crippen LogP contribution in [-0.2, 0) is 9.47 Å². The number of amides is 2. The van der Waals surface area contributed by atoms with Crippen LogP contribution in [0.5, 0.6) is 0 Å². The molecule has 0 bridgehead atoms. The maximum Gasteiger partial charge on any atom is 0.410 e. The third kappa shape index (κ3) is 18.4. The van der Waals surface area contributed by atoms with Crippen molar-refractivity contribution in [2.75, 3.05) is 136 Å². The van der Waals surface area contributed by atoms with Gasteiger partial charge in [-0.3, -0.25) is 30.0 Å². The van der Waals surface area contributed by atoms with E-state index in [4.69, 9.17) is 37.0 Å². The highest BCUT2D eigenvalue weighted by atomic mass is 35.5. The average Bonchev–Trinajstić information content (AvgIpc) is 4.08. The fourth-order valence-corrected chi connectivity index (χ4v) is 8.91. The number of anilines is 7. The molecule has 29 heteroatoms. The van der Waals surface area contributed by atoms with E-state index in [1.54, 1.807) is 69.5 Å². The van der Waals surface area contributed by atoms with Gasteiger partial charge in [0.15, 0.2) is 0 Å². The fraction of sp³-hybridized carbons (Fsp3) is 0.560. The Hall–Kier alpha value is -7.27. The number of rotatable bonds is 14. The summed E-state index contributed by atoms with van der Waals surface area (Å²) in [4.78, 5) is 73.2. The second kappa shape index (κ2) is 27.5. The summed E-state index contributed by atoms with van der Waals surface area (Å²) in [7, 11) is 0. The molecule has 4 aromatic rings. The van der Waals surface area contributed by atoms with Gasteiger partial charge in [0.1, 0.15) is 35.2 Å². The highest BCUT2D eigenvalue weighted by molar-refractivity contribution is 6.28. The number of likely N-dealkylation sites (tertiary alicyclic amines) is 2. The third-order valence-corrected chi connectivity index (χ3v) is 12.9. The number of benzene rings is 2. The lowest BCUT2D eigenvalue weighted by atomic mass is 10.2. The van der Waals surface area contributed by atoms with Crippen molar-refractivity contribution in [3.05, 3.63) is 85.9 Å². The summed E-state index contributed by atoms with van der Waals surface area (Å²) in [6.07, 6.45) is 2.44. The molecule has 8 rings (SSSR count). The lowest BCUT2D eigenvalue weighted by Crippen LogP contribution is -2.47. The fourth-order valence-electron chi connectivity index (χ4n) is 8.77. The van der Waals surface area contributed by atoms with Gasteiger partial charge < -0.3 is 61.0 Å². The number of aliphatic hydroxyl groups excluding tert-OH is 2. The van der Waals surface area contributed by atoms with E-state index in [1.807, 2.05) is 6.07 Å². The Balaban J connectivity index is 0.000000212. The number of aromatic nitrogens is 4. The molecule has 2 aromatic carbocycles. The lowest BCUT2D eigenvalue weighted by Gasteiger charge is -2.35. The van der Waals surface area contributed by atoms with Crippen LogP contribution in [-0.4, -0.2) is 200 Å². The number of hydrogen-bond acceptors (Lipinski definition) is 22. The lowest BCUT2D eigenvalue weighted by molar-refractivity contribution is -0.384. The number of hydrogen-bond donors (Lipinski definition) is 6. The number of piperazine rings is 2. The summed E-state index contributed by atoms with van der Waals surface area (Å²) in [5.74, 6) is -0.849. The molecule has 4 aliphatic heterocycles. The minimum atomic E-state index is -0.628. The summed E-state index contributed by atoms with van der Waals surface area (Å²) in [5, 5.41) is 49.3. The first-order chi connectivity index (χ1) is 37.4. The number of nitrogens with zero attached hydrogens (tertiary/aromatic N) is 12. The van der Waals surface area contributed by atoms with Gasteiger partial charge in [0.25, 0.3) is 0 Å². The number of carbonyl (C=O) groups excluding carboxylic acids is 2. The van der Waals surface area contributed by atoms with Crippen LogP contribution in [0.3, 0.4) is 0 Å². The van der Waals surface area contributed by atoms with E-state index < -0.39 is 39.1 Å². The highest BCUT2D eigenvalue weighted by Gasteiger charge is 2.33. The quantitative estimate of drug-likeness (QED) is 0.0377. The highest BCUT2D eigenvalue weighted by Crippen LogP contribution is 2.30. The summed E-state index contributed by atoms with van der Waals surface area (Å²) >= 11 is 5.69. The maximum absolute atomic E-state index is 15.0. The van der Waals surface area contributed by atoms with Crippen LogP contribution < -0.4 is 31.5 Å². The molecule has 2 unspecified atom stereocenters. The van der Waals surface area contributed by atoms with E-state index in [0.29, 0.717) is 52.1 Å². The minimum absolute atomic E-state index is 0.00522. The molecule has 2 atom stereocenters. The number of β-amino-alcohol motifs (C(OH)–C–C–N with tert-alkyl or cyclic N) is 2. The first-order valence-electron chi connectivity index (χ1n) is 25.8. The number of carbonyl (C=O) groups is 2. The van der Waals surface area contributed by atoms with E-state index in [-0.39, 0.29) is 76.7 Å². The van der Waals surface area contributed by atoms with E-state index in [0.717, 1.165) is 76.1 Å². The Bertz CT molecular complexity index is 2730. The van der Waals surface area contributed by atoms with Crippen LogP contribution in [0.15, 0.2) is 48.8 Å². The molecule has 79 heavy (non-hydrogen) atoms. The molecule has 4 saturated heterocycles. The smallest absolute Gasteiger partial charge is 0.410 e. The number of ether oxygens (including phenoxy) is 2. The van der Waals surface area contributed by atoms with E-state index >= 15 is 0 Å². The number of aliphatic hydroxyl groups is 2. The largest absolute Gasteiger partial charge is 0.444 e. The standard InChI is InChI=1S/C25H35FN8O5.C13H18ClN5O4.C12H18FN3O/c1-25(2,3)39-24(36)33-7-6-17(16-33)28-22-21(34(37)38)15-27-23(30-22)29-20-5-4-18(14-19(20)26)32-10-8-31(9-11-32)12-13-35;1-13(2,3)23-12(20)18-5-4-8(7-18)16-10-9(19(21)22)6-15-11(14)17-10;13-11-9-10(1-2-12(11)14)16-5-3-15(4-6-16)7-8-17/h4-5,14-15,17,35H,6-13,16H2,1-3H3,(H2,27,28,29,30);6,8H,4-5,7H2,1-3H3,(H,15,16,17);1-2,9,17H,3-8,14H2. The van der Waals surface area contributed by atoms with Gasteiger partial charge in [-0.15, -0.1) is 0 Å². The zero-order chi connectivity index (χ0) is 57.6. The van der Waals surface area contributed by atoms with Crippen LogP contribution in [0, 0.1) is 31.9 Å². The average molecular weight is 1130 g/mol. The Labute approximate surface area is 461 Å². The van der Waals surface area contributed by atoms with Gasteiger partial charge >= 0.3 is 23.6 Å². The van der Waals surface area contributed by atoms with Crippen molar-refractivity contribution in [1.29, 1.82) is 0 Å². The van der Waals surface area contributed by atoms with E-state index in [2.05, 4.69) is 55.5 Å². The molecule has 0 saturated carbocycles. The molecule has 0 radical (unpaired) electrons. The van der Waals surface area contributed by atoms with Crippen molar-refractivity contribution < 1.29 is 47.9 Å². The van der Waals surface area contributed by atoms with Gasteiger partial charge in [-0.25, -0.2) is 28.3 Å². The second-order valence-corrected chi connectivity index (χ2v) is 21.4. The Morgan fingerprint density at radius 1 is 0.696 bits per heavy atom. The Morgan fingerprint density at radius 2 is 1.14 bits per heavy atom. The molecule has 2 aromatic heterocycles. The van der Waals surface area contributed by atoms with Gasteiger partial charge in [-0.2, -0.15) is 9.97 Å². The molecule has 0 spiro atoms. The van der Waals surface area contributed by atoms with Crippen molar-refractivity contribution in [2.24, 2.45) is 0 Å². The first-order valence-corrected chi connectivity index (χ1v) is 26.2.